The third-order valence-corrected chi connectivity index (χ3v) is 2.40. The molecule has 0 aromatic carbocycles. The molecule has 0 saturated heterocycles. The third kappa shape index (κ3) is 8.48. The highest BCUT2D eigenvalue weighted by molar-refractivity contribution is 5.86. The van der Waals surface area contributed by atoms with E-state index in [1.165, 1.54) is 19.3 Å². The Morgan fingerprint density at radius 2 is 1.94 bits per heavy atom. The molecule has 0 saturated carbocycles. The van der Waals surface area contributed by atoms with E-state index >= 15 is 0 Å². The average Bonchev–Trinajstić information content (AvgIpc) is 2.25. The fraction of sp³-hybridized carbons (Fsp3) is 0.769. The van der Waals surface area contributed by atoms with Crippen LogP contribution >= 0.6 is 0 Å². The summed E-state index contributed by atoms with van der Waals surface area (Å²) in [6.45, 7) is 7.32. The number of hydrogen-bond donors (Lipinski definition) is 1. The summed E-state index contributed by atoms with van der Waals surface area (Å²) >= 11 is 0. The summed E-state index contributed by atoms with van der Waals surface area (Å²) in [6, 6.07) is 0. The molecular formula is C13H24O3. The second-order valence-corrected chi connectivity index (χ2v) is 4.24. The lowest BCUT2D eigenvalue weighted by molar-refractivity contribution is -0.142. The molecular weight excluding hydrogens is 204 g/mol. The topological polar surface area (TPSA) is 46.5 Å². The van der Waals surface area contributed by atoms with Crippen LogP contribution in [0.2, 0.25) is 0 Å². The van der Waals surface area contributed by atoms with Gasteiger partial charge in [-0.2, -0.15) is 0 Å². The van der Waals surface area contributed by atoms with E-state index in [0.29, 0.717) is 12.0 Å². The van der Waals surface area contributed by atoms with Gasteiger partial charge in [-0.25, -0.2) is 4.79 Å². The van der Waals surface area contributed by atoms with Crippen LogP contribution in [0.5, 0.6) is 0 Å². The van der Waals surface area contributed by atoms with Gasteiger partial charge in [0.25, 0.3) is 0 Å². The summed E-state index contributed by atoms with van der Waals surface area (Å²) in [7, 11) is 0. The molecule has 0 amide bonds. The highest BCUT2D eigenvalue weighted by Crippen LogP contribution is 2.07. The fourth-order valence-electron chi connectivity index (χ4n) is 1.36. The highest BCUT2D eigenvalue weighted by atomic mass is 16.5. The second kappa shape index (κ2) is 9.40. The molecule has 0 fully saturated rings. The first-order valence-electron chi connectivity index (χ1n) is 6.08. The number of unbranched alkanes of at least 4 members (excludes halogenated alkanes) is 4. The van der Waals surface area contributed by atoms with E-state index < -0.39 is 12.1 Å². The van der Waals surface area contributed by atoms with Crippen LogP contribution in [-0.4, -0.2) is 23.8 Å². The van der Waals surface area contributed by atoms with Crippen molar-refractivity contribution in [1.29, 1.82) is 0 Å². The molecule has 0 aromatic heterocycles. The lowest BCUT2D eigenvalue weighted by Crippen LogP contribution is -2.18. The largest absolute Gasteiger partial charge is 0.460 e. The number of carbonyl (C=O) groups is 1. The minimum Gasteiger partial charge on any atom is -0.460 e. The number of hydrogen-bond acceptors (Lipinski definition) is 3. The van der Waals surface area contributed by atoms with Crippen LogP contribution in [0.4, 0.5) is 0 Å². The van der Waals surface area contributed by atoms with Crippen LogP contribution < -0.4 is 0 Å². The summed E-state index contributed by atoms with van der Waals surface area (Å²) in [4.78, 5) is 11.0. The van der Waals surface area contributed by atoms with Crippen LogP contribution in [-0.2, 0) is 9.53 Å². The quantitative estimate of drug-likeness (QED) is 0.375. The molecule has 0 rings (SSSR count). The van der Waals surface area contributed by atoms with Gasteiger partial charge in [-0.1, -0.05) is 45.6 Å². The van der Waals surface area contributed by atoms with Gasteiger partial charge in [-0.3, -0.25) is 0 Å². The van der Waals surface area contributed by atoms with Crippen molar-refractivity contribution >= 4 is 5.97 Å². The monoisotopic (exact) mass is 228 g/mol. The van der Waals surface area contributed by atoms with E-state index in [4.69, 9.17) is 4.74 Å². The predicted molar refractivity (Wildman–Crippen MR) is 65.2 cm³/mol. The smallest absolute Gasteiger partial charge is 0.333 e. The Balaban J connectivity index is 3.41. The Labute approximate surface area is 98.5 Å². The van der Waals surface area contributed by atoms with Crippen molar-refractivity contribution in [3.05, 3.63) is 12.2 Å². The van der Waals surface area contributed by atoms with E-state index in [1.807, 2.05) is 0 Å². The van der Waals surface area contributed by atoms with E-state index in [9.17, 15) is 9.90 Å². The number of ether oxygens (including phenoxy) is 1. The molecule has 16 heavy (non-hydrogen) atoms. The van der Waals surface area contributed by atoms with Crippen molar-refractivity contribution in [2.75, 3.05) is 6.61 Å². The number of aliphatic hydroxyl groups excluding tert-OH is 1. The molecule has 0 aliphatic carbocycles. The predicted octanol–water partition coefficient (Wildman–Crippen LogP) is 2.83. The Bertz CT molecular complexity index is 211. The molecule has 0 aliphatic rings. The first-order chi connectivity index (χ1) is 7.57. The van der Waals surface area contributed by atoms with Crippen LogP contribution in [0.3, 0.4) is 0 Å². The van der Waals surface area contributed by atoms with Crippen molar-refractivity contribution in [3.8, 4) is 0 Å². The molecule has 0 aliphatic heterocycles. The molecule has 3 nitrogen and oxygen atoms in total. The third-order valence-electron chi connectivity index (χ3n) is 2.40. The van der Waals surface area contributed by atoms with Crippen molar-refractivity contribution in [3.63, 3.8) is 0 Å². The van der Waals surface area contributed by atoms with Gasteiger partial charge >= 0.3 is 5.97 Å². The van der Waals surface area contributed by atoms with E-state index in [2.05, 4.69) is 13.5 Å². The zero-order chi connectivity index (χ0) is 12.4. The summed E-state index contributed by atoms with van der Waals surface area (Å²) in [5.41, 5.74) is 0.371. The molecule has 1 atom stereocenters. The molecule has 0 bridgehead atoms. The van der Waals surface area contributed by atoms with E-state index in [1.54, 1.807) is 6.92 Å². The Kier molecular flexibility index (Phi) is 8.91. The van der Waals surface area contributed by atoms with Gasteiger partial charge in [0.1, 0.15) is 6.61 Å². The zero-order valence-corrected chi connectivity index (χ0v) is 10.5. The molecule has 94 valence electrons. The van der Waals surface area contributed by atoms with Crippen LogP contribution in [0, 0.1) is 0 Å². The first-order valence-corrected chi connectivity index (χ1v) is 6.08. The maximum Gasteiger partial charge on any atom is 0.333 e. The van der Waals surface area contributed by atoms with Gasteiger partial charge in [0.2, 0.25) is 0 Å². The van der Waals surface area contributed by atoms with Crippen molar-refractivity contribution in [2.45, 2.75) is 58.5 Å². The van der Waals surface area contributed by atoms with Crippen molar-refractivity contribution in [1.82, 2.24) is 0 Å². The van der Waals surface area contributed by atoms with Gasteiger partial charge in [0, 0.05) is 5.57 Å². The number of rotatable bonds is 9. The standard InChI is InChI=1S/C13H24O3/c1-4-5-6-7-8-9-12(14)10-16-13(15)11(2)3/h12,14H,2,4-10H2,1,3H3. The molecule has 1 N–H and O–H groups in total. The molecule has 0 aromatic rings. The van der Waals surface area contributed by atoms with Gasteiger partial charge in [0.15, 0.2) is 0 Å². The van der Waals surface area contributed by atoms with Gasteiger partial charge in [-0.05, 0) is 13.3 Å². The Hall–Kier alpha value is -0.830. The van der Waals surface area contributed by atoms with E-state index in [0.717, 1.165) is 12.8 Å². The zero-order valence-electron chi connectivity index (χ0n) is 10.5. The van der Waals surface area contributed by atoms with E-state index in [-0.39, 0.29) is 6.61 Å². The fourth-order valence-corrected chi connectivity index (χ4v) is 1.36. The molecule has 0 radical (unpaired) electrons. The van der Waals surface area contributed by atoms with Gasteiger partial charge in [-0.15, -0.1) is 0 Å². The maximum absolute atomic E-state index is 11.0. The van der Waals surface area contributed by atoms with Gasteiger partial charge < -0.3 is 9.84 Å². The number of carbonyl (C=O) groups excluding carboxylic acids is 1. The lowest BCUT2D eigenvalue weighted by Gasteiger charge is -2.10. The van der Waals surface area contributed by atoms with Crippen molar-refractivity contribution in [2.24, 2.45) is 0 Å². The van der Waals surface area contributed by atoms with Crippen molar-refractivity contribution < 1.29 is 14.6 Å². The lowest BCUT2D eigenvalue weighted by atomic mass is 10.1. The minimum absolute atomic E-state index is 0.0828. The summed E-state index contributed by atoms with van der Waals surface area (Å²) in [5.74, 6) is -0.426. The SMILES string of the molecule is C=C(C)C(=O)OCC(O)CCCCCCC. The van der Waals surface area contributed by atoms with Gasteiger partial charge in [0.05, 0.1) is 6.10 Å². The normalized spacial score (nSPS) is 12.2. The second-order valence-electron chi connectivity index (χ2n) is 4.24. The van der Waals surface area contributed by atoms with Crippen LogP contribution in [0.1, 0.15) is 52.4 Å². The molecule has 3 heteroatoms. The Morgan fingerprint density at radius 1 is 1.31 bits per heavy atom. The first kappa shape index (κ1) is 15.2. The molecule has 1 unspecified atom stereocenters. The number of esters is 1. The van der Waals surface area contributed by atoms with Crippen LogP contribution in [0.25, 0.3) is 0 Å². The maximum atomic E-state index is 11.0. The number of aliphatic hydroxyl groups is 1. The molecule has 0 spiro atoms. The summed E-state index contributed by atoms with van der Waals surface area (Å²) < 4.78 is 4.85. The highest BCUT2D eigenvalue weighted by Gasteiger charge is 2.08. The minimum atomic E-state index is -0.537. The average molecular weight is 228 g/mol. The summed E-state index contributed by atoms with van der Waals surface area (Å²) in [6.07, 6.45) is 5.98. The van der Waals surface area contributed by atoms with Crippen LogP contribution in [0.15, 0.2) is 12.2 Å². The Morgan fingerprint density at radius 3 is 2.50 bits per heavy atom. The molecule has 0 heterocycles. The summed E-state index contributed by atoms with van der Waals surface area (Å²) in [5, 5.41) is 9.53.